The lowest BCUT2D eigenvalue weighted by atomic mass is 10.3. The molecule has 0 aliphatic heterocycles. The molecule has 86 valence electrons. The van der Waals surface area contributed by atoms with E-state index in [4.69, 9.17) is 4.74 Å². The molecule has 0 bridgehead atoms. The van der Waals surface area contributed by atoms with Crippen LogP contribution in [-0.4, -0.2) is 29.0 Å². The first-order valence-electron chi connectivity index (χ1n) is 5.61. The van der Waals surface area contributed by atoms with Crippen LogP contribution in [0.4, 0.5) is 0 Å². The topological polar surface area (TPSA) is 39.1 Å². The summed E-state index contributed by atoms with van der Waals surface area (Å²) in [6, 6.07) is 0.549. The Morgan fingerprint density at radius 2 is 2.33 bits per heavy atom. The van der Waals surface area contributed by atoms with Crippen molar-refractivity contribution in [3.63, 3.8) is 0 Å². The van der Waals surface area contributed by atoms with E-state index in [9.17, 15) is 0 Å². The first kappa shape index (κ1) is 12.0. The van der Waals surface area contributed by atoms with Gasteiger partial charge in [0.05, 0.1) is 19.0 Å². The standard InChI is InChI=1S/C11H21N3O/c1-4-14-9-11(8-13-14)15-7-5-6-12-10(2)3/h8-10,12H,4-7H2,1-3H3. The summed E-state index contributed by atoms with van der Waals surface area (Å²) >= 11 is 0. The van der Waals surface area contributed by atoms with Crippen molar-refractivity contribution in [2.45, 2.75) is 39.8 Å². The average molecular weight is 211 g/mol. The van der Waals surface area contributed by atoms with E-state index in [1.807, 2.05) is 10.9 Å². The molecule has 1 heterocycles. The van der Waals surface area contributed by atoms with Gasteiger partial charge in [0.2, 0.25) is 0 Å². The highest BCUT2D eigenvalue weighted by molar-refractivity contribution is 5.11. The summed E-state index contributed by atoms with van der Waals surface area (Å²) in [5.41, 5.74) is 0. The first-order valence-corrected chi connectivity index (χ1v) is 5.61. The summed E-state index contributed by atoms with van der Waals surface area (Å²) in [5.74, 6) is 0.862. The van der Waals surface area contributed by atoms with Gasteiger partial charge in [0, 0.05) is 12.6 Å². The summed E-state index contributed by atoms with van der Waals surface area (Å²) in [6.45, 7) is 8.98. The van der Waals surface area contributed by atoms with Gasteiger partial charge < -0.3 is 10.1 Å². The Morgan fingerprint density at radius 3 is 2.93 bits per heavy atom. The minimum Gasteiger partial charge on any atom is -0.490 e. The summed E-state index contributed by atoms with van der Waals surface area (Å²) in [5, 5.41) is 7.49. The third-order valence-corrected chi connectivity index (χ3v) is 2.08. The second kappa shape index (κ2) is 6.45. The molecule has 0 amide bonds. The van der Waals surface area contributed by atoms with E-state index in [1.165, 1.54) is 0 Å². The van der Waals surface area contributed by atoms with E-state index in [2.05, 4.69) is 31.2 Å². The predicted molar refractivity (Wildman–Crippen MR) is 61.2 cm³/mol. The Kier molecular flexibility index (Phi) is 5.18. The van der Waals surface area contributed by atoms with Crippen LogP contribution < -0.4 is 10.1 Å². The smallest absolute Gasteiger partial charge is 0.157 e. The molecule has 0 fully saturated rings. The number of hydrogen-bond donors (Lipinski definition) is 1. The molecule has 1 N–H and O–H groups in total. The number of aryl methyl sites for hydroxylation is 1. The zero-order valence-corrected chi connectivity index (χ0v) is 9.86. The SMILES string of the molecule is CCn1cc(OCCCNC(C)C)cn1. The van der Waals surface area contributed by atoms with E-state index < -0.39 is 0 Å². The highest BCUT2D eigenvalue weighted by Crippen LogP contribution is 2.07. The van der Waals surface area contributed by atoms with Crippen LogP contribution in [0, 0.1) is 0 Å². The van der Waals surface area contributed by atoms with Gasteiger partial charge in [-0.05, 0) is 19.9 Å². The minimum atomic E-state index is 0.549. The molecule has 1 aromatic heterocycles. The van der Waals surface area contributed by atoms with Gasteiger partial charge in [0.15, 0.2) is 5.75 Å². The maximum atomic E-state index is 5.55. The van der Waals surface area contributed by atoms with Crippen LogP contribution in [0.15, 0.2) is 12.4 Å². The van der Waals surface area contributed by atoms with Crippen molar-refractivity contribution < 1.29 is 4.74 Å². The highest BCUT2D eigenvalue weighted by Gasteiger charge is 1.97. The highest BCUT2D eigenvalue weighted by atomic mass is 16.5. The van der Waals surface area contributed by atoms with E-state index in [0.29, 0.717) is 6.04 Å². The van der Waals surface area contributed by atoms with Crippen LogP contribution in [0.3, 0.4) is 0 Å². The van der Waals surface area contributed by atoms with E-state index in [-0.39, 0.29) is 0 Å². The Morgan fingerprint density at radius 1 is 1.53 bits per heavy atom. The van der Waals surface area contributed by atoms with Gasteiger partial charge in [-0.15, -0.1) is 0 Å². The van der Waals surface area contributed by atoms with Crippen molar-refractivity contribution >= 4 is 0 Å². The molecule has 1 aromatic rings. The Balaban J connectivity index is 2.09. The van der Waals surface area contributed by atoms with Crippen molar-refractivity contribution in [3.05, 3.63) is 12.4 Å². The molecular weight excluding hydrogens is 190 g/mol. The number of rotatable bonds is 7. The van der Waals surface area contributed by atoms with Crippen LogP contribution in [0.1, 0.15) is 27.2 Å². The first-order chi connectivity index (χ1) is 7.22. The van der Waals surface area contributed by atoms with Crippen molar-refractivity contribution in [2.24, 2.45) is 0 Å². The summed E-state index contributed by atoms with van der Waals surface area (Å²) in [6.07, 6.45) is 4.71. The van der Waals surface area contributed by atoms with Crippen molar-refractivity contribution in [3.8, 4) is 5.75 Å². The second-order valence-electron chi connectivity index (χ2n) is 3.84. The zero-order chi connectivity index (χ0) is 11.1. The number of ether oxygens (including phenoxy) is 1. The van der Waals surface area contributed by atoms with Gasteiger partial charge in [-0.3, -0.25) is 4.68 Å². The van der Waals surface area contributed by atoms with Gasteiger partial charge in [-0.1, -0.05) is 13.8 Å². The van der Waals surface area contributed by atoms with Gasteiger partial charge in [0.25, 0.3) is 0 Å². The molecule has 0 aromatic carbocycles. The molecule has 0 radical (unpaired) electrons. The molecule has 0 unspecified atom stereocenters. The van der Waals surface area contributed by atoms with Crippen LogP contribution in [-0.2, 0) is 6.54 Å². The average Bonchev–Trinajstić information content (AvgIpc) is 2.65. The monoisotopic (exact) mass is 211 g/mol. The van der Waals surface area contributed by atoms with E-state index in [1.54, 1.807) is 6.20 Å². The summed E-state index contributed by atoms with van der Waals surface area (Å²) in [7, 11) is 0. The number of aromatic nitrogens is 2. The fourth-order valence-electron chi connectivity index (χ4n) is 1.25. The van der Waals surface area contributed by atoms with Gasteiger partial charge >= 0.3 is 0 Å². The van der Waals surface area contributed by atoms with Crippen LogP contribution >= 0.6 is 0 Å². The van der Waals surface area contributed by atoms with Crippen LogP contribution in [0.5, 0.6) is 5.75 Å². The molecular formula is C11H21N3O. The second-order valence-corrected chi connectivity index (χ2v) is 3.84. The van der Waals surface area contributed by atoms with Crippen LogP contribution in [0.2, 0.25) is 0 Å². The lowest BCUT2D eigenvalue weighted by Gasteiger charge is -2.07. The van der Waals surface area contributed by atoms with Crippen LogP contribution in [0.25, 0.3) is 0 Å². The normalized spacial score (nSPS) is 10.9. The molecule has 0 aliphatic rings. The molecule has 1 rings (SSSR count). The zero-order valence-electron chi connectivity index (χ0n) is 9.86. The molecule has 0 aliphatic carbocycles. The van der Waals surface area contributed by atoms with Gasteiger partial charge in [-0.25, -0.2) is 0 Å². The maximum Gasteiger partial charge on any atom is 0.157 e. The van der Waals surface area contributed by atoms with Crippen molar-refractivity contribution in [1.82, 2.24) is 15.1 Å². The Hall–Kier alpha value is -1.03. The molecule has 0 saturated carbocycles. The number of hydrogen-bond acceptors (Lipinski definition) is 3. The molecule has 0 atom stereocenters. The maximum absolute atomic E-state index is 5.55. The summed E-state index contributed by atoms with van der Waals surface area (Å²) < 4.78 is 7.41. The molecule has 4 nitrogen and oxygen atoms in total. The van der Waals surface area contributed by atoms with Gasteiger partial charge in [0.1, 0.15) is 0 Å². The molecule has 0 saturated heterocycles. The fraction of sp³-hybridized carbons (Fsp3) is 0.727. The molecule has 4 heteroatoms. The predicted octanol–water partition coefficient (Wildman–Crippen LogP) is 1.67. The van der Waals surface area contributed by atoms with Gasteiger partial charge in [-0.2, -0.15) is 5.10 Å². The third-order valence-electron chi connectivity index (χ3n) is 2.08. The Labute approximate surface area is 91.6 Å². The number of nitrogens with zero attached hydrogens (tertiary/aromatic N) is 2. The largest absolute Gasteiger partial charge is 0.490 e. The third kappa shape index (κ3) is 4.83. The lowest BCUT2D eigenvalue weighted by molar-refractivity contribution is 0.306. The van der Waals surface area contributed by atoms with E-state index >= 15 is 0 Å². The summed E-state index contributed by atoms with van der Waals surface area (Å²) in [4.78, 5) is 0. The van der Waals surface area contributed by atoms with Crippen molar-refractivity contribution in [2.75, 3.05) is 13.2 Å². The number of nitrogens with one attached hydrogen (secondary N) is 1. The van der Waals surface area contributed by atoms with E-state index in [0.717, 1.165) is 31.9 Å². The quantitative estimate of drug-likeness (QED) is 0.697. The Bertz CT molecular complexity index is 271. The fourth-order valence-corrected chi connectivity index (χ4v) is 1.25. The molecule has 0 spiro atoms. The molecule has 15 heavy (non-hydrogen) atoms. The van der Waals surface area contributed by atoms with Crippen molar-refractivity contribution in [1.29, 1.82) is 0 Å². The minimum absolute atomic E-state index is 0.549. The lowest BCUT2D eigenvalue weighted by Crippen LogP contribution is -2.24.